The predicted octanol–water partition coefficient (Wildman–Crippen LogP) is 0.899. The molecule has 2 rings (SSSR count). The molecule has 1 aromatic rings. The number of esters is 1. The van der Waals surface area contributed by atoms with Crippen LogP contribution in [0.25, 0.3) is 0 Å². The van der Waals surface area contributed by atoms with Gasteiger partial charge in [-0.3, -0.25) is 9.88 Å². The molecule has 0 aromatic carbocycles. The van der Waals surface area contributed by atoms with Gasteiger partial charge in [0.05, 0.1) is 6.61 Å². The minimum atomic E-state index is -0.337. The van der Waals surface area contributed by atoms with E-state index >= 15 is 0 Å². The van der Waals surface area contributed by atoms with Crippen molar-refractivity contribution in [2.24, 2.45) is 0 Å². The van der Waals surface area contributed by atoms with E-state index in [4.69, 9.17) is 4.74 Å². The summed E-state index contributed by atoms with van der Waals surface area (Å²) in [6, 6.07) is 3.50. The fraction of sp³-hybridized carbons (Fsp3) is 0.571. The summed E-state index contributed by atoms with van der Waals surface area (Å²) >= 11 is 0. The topological polar surface area (TPSA) is 54.5 Å². The van der Waals surface area contributed by atoms with E-state index in [-0.39, 0.29) is 12.0 Å². The molecule has 1 fully saturated rings. The maximum absolute atomic E-state index is 12.3. The van der Waals surface area contributed by atoms with Gasteiger partial charge in [0.25, 0.3) is 0 Å². The molecule has 1 N–H and O–H groups in total. The van der Waals surface area contributed by atoms with Crippen molar-refractivity contribution >= 4 is 5.97 Å². The Balaban J connectivity index is 2.28. The number of ether oxygens (including phenoxy) is 1. The van der Waals surface area contributed by atoms with E-state index in [1.165, 1.54) is 0 Å². The minimum absolute atomic E-state index is 0.180. The van der Waals surface area contributed by atoms with Crippen LogP contribution >= 0.6 is 0 Å². The predicted molar refractivity (Wildman–Crippen MR) is 72.8 cm³/mol. The summed E-state index contributed by atoms with van der Waals surface area (Å²) in [4.78, 5) is 18.7. The van der Waals surface area contributed by atoms with E-state index in [0.717, 1.165) is 37.4 Å². The summed E-state index contributed by atoms with van der Waals surface area (Å²) < 4.78 is 5.24. The summed E-state index contributed by atoms with van der Waals surface area (Å²) in [6.07, 6.45) is 1.75. The molecule has 1 aliphatic heterocycles. The lowest BCUT2D eigenvalue weighted by molar-refractivity contribution is -0.150. The molecule has 1 unspecified atom stereocenters. The molecule has 0 saturated carbocycles. The molecule has 0 bridgehead atoms. The minimum Gasteiger partial charge on any atom is -0.465 e. The van der Waals surface area contributed by atoms with Crippen LogP contribution in [0, 0.1) is 6.92 Å². The quantitative estimate of drug-likeness (QED) is 0.818. The second-order valence-electron chi connectivity index (χ2n) is 4.62. The van der Waals surface area contributed by atoms with Crippen LogP contribution in [0.3, 0.4) is 0 Å². The van der Waals surface area contributed by atoms with Crippen LogP contribution in [0.1, 0.15) is 24.2 Å². The Bertz CT molecular complexity index is 430. The maximum atomic E-state index is 12.3. The number of hydrogen-bond donors (Lipinski definition) is 1. The van der Waals surface area contributed by atoms with Gasteiger partial charge in [-0.25, -0.2) is 4.79 Å². The van der Waals surface area contributed by atoms with E-state index in [2.05, 4.69) is 15.2 Å². The van der Waals surface area contributed by atoms with Gasteiger partial charge in [-0.1, -0.05) is 6.07 Å². The van der Waals surface area contributed by atoms with Crippen LogP contribution < -0.4 is 5.32 Å². The first-order chi connectivity index (χ1) is 9.24. The molecule has 19 heavy (non-hydrogen) atoms. The number of rotatable bonds is 4. The lowest BCUT2D eigenvalue weighted by Crippen LogP contribution is -2.47. The average molecular weight is 263 g/mol. The van der Waals surface area contributed by atoms with E-state index in [1.807, 2.05) is 26.0 Å². The van der Waals surface area contributed by atoms with Gasteiger partial charge in [-0.15, -0.1) is 0 Å². The first-order valence-electron chi connectivity index (χ1n) is 6.77. The van der Waals surface area contributed by atoms with Crippen LogP contribution in [0.15, 0.2) is 18.3 Å². The van der Waals surface area contributed by atoms with Gasteiger partial charge in [0.1, 0.15) is 6.04 Å². The average Bonchev–Trinajstić information content (AvgIpc) is 2.43. The number of aromatic nitrogens is 1. The van der Waals surface area contributed by atoms with E-state index < -0.39 is 0 Å². The molecule has 0 radical (unpaired) electrons. The molecule has 1 saturated heterocycles. The van der Waals surface area contributed by atoms with Gasteiger partial charge in [-0.2, -0.15) is 0 Å². The van der Waals surface area contributed by atoms with Gasteiger partial charge < -0.3 is 10.1 Å². The molecule has 5 heteroatoms. The highest BCUT2D eigenvalue weighted by atomic mass is 16.5. The fourth-order valence-corrected chi connectivity index (χ4v) is 2.42. The molecule has 0 amide bonds. The number of carbonyl (C=O) groups is 1. The van der Waals surface area contributed by atoms with Crippen molar-refractivity contribution in [3.63, 3.8) is 0 Å². The third-order valence-corrected chi connectivity index (χ3v) is 3.37. The Morgan fingerprint density at radius 2 is 2.26 bits per heavy atom. The monoisotopic (exact) mass is 263 g/mol. The fourth-order valence-electron chi connectivity index (χ4n) is 2.42. The molecule has 2 heterocycles. The number of piperazine rings is 1. The number of nitrogens with one attached hydrogen (secondary N) is 1. The van der Waals surface area contributed by atoms with Crippen molar-refractivity contribution in [2.45, 2.75) is 19.9 Å². The van der Waals surface area contributed by atoms with Crippen LogP contribution in [0.5, 0.6) is 0 Å². The van der Waals surface area contributed by atoms with Gasteiger partial charge in [0.15, 0.2) is 0 Å². The van der Waals surface area contributed by atoms with Crippen molar-refractivity contribution in [1.82, 2.24) is 15.2 Å². The Labute approximate surface area is 114 Å². The maximum Gasteiger partial charge on any atom is 0.328 e. The van der Waals surface area contributed by atoms with Crippen molar-refractivity contribution in [2.75, 3.05) is 32.8 Å². The Hall–Kier alpha value is -1.46. The zero-order valence-electron chi connectivity index (χ0n) is 11.6. The Morgan fingerprint density at radius 1 is 1.53 bits per heavy atom. The molecule has 0 spiro atoms. The summed E-state index contributed by atoms with van der Waals surface area (Å²) in [7, 11) is 0. The summed E-state index contributed by atoms with van der Waals surface area (Å²) in [5, 5.41) is 3.30. The van der Waals surface area contributed by atoms with Crippen molar-refractivity contribution in [1.29, 1.82) is 0 Å². The van der Waals surface area contributed by atoms with Crippen LogP contribution in [-0.2, 0) is 9.53 Å². The Kier molecular flexibility index (Phi) is 4.87. The lowest BCUT2D eigenvalue weighted by Gasteiger charge is -2.33. The SMILES string of the molecule is CCOC(=O)C(c1cccnc1C)N1CCNCC1. The molecule has 0 aliphatic carbocycles. The molecule has 104 valence electrons. The van der Waals surface area contributed by atoms with Crippen LogP contribution in [0.2, 0.25) is 0 Å². The molecular formula is C14H21N3O2. The van der Waals surface area contributed by atoms with E-state index in [0.29, 0.717) is 6.61 Å². The van der Waals surface area contributed by atoms with Gasteiger partial charge in [0.2, 0.25) is 0 Å². The van der Waals surface area contributed by atoms with E-state index in [1.54, 1.807) is 6.20 Å². The third kappa shape index (κ3) is 3.30. The molecule has 5 nitrogen and oxygen atoms in total. The van der Waals surface area contributed by atoms with Gasteiger partial charge in [-0.05, 0) is 19.9 Å². The van der Waals surface area contributed by atoms with Crippen molar-refractivity contribution < 1.29 is 9.53 Å². The highest BCUT2D eigenvalue weighted by molar-refractivity contribution is 5.78. The molecule has 1 atom stereocenters. The number of pyridine rings is 1. The third-order valence-electron chi connectivity index (χ3n) is 3.37. The summed E-state index contributed by atoms with van der Waals surface area (Å²) in [5.41, 5.74) is 1.84. The summed E-state index contributed by atoms with van der Waals surface area (Å²) in [5.74, 6) is -0.180. The molecular weight excluding hydrogens is 242 g/mol. The standard InChI is InChI=1S/C14H21N3O2/c1-3-19-14(18)13(17-9-7-15-8-10-17)12-5-4-6-16-11(12)2/h4-6,13,15H,3,7-10H2,1-2H3. The Morgan fingerprint density at radius 3 is 2.89 bits per heavy atom. The number of nitrogens with zero attached hydrogens (tertiary/aromatic N) is 2. The summed E-state index contributed by atoms with van der Waals surface area (Å²) in [6.45, 7) is 7.66. The smallest absolute Gasteiger partial charge is 0.328 e. The number of aryl methyl sites for hydroxylation is 1. The first kappa shape index (κ1) is 14.0. The number of hydrogen-bond acceptors (Lipinski definition) is 5. The first-order valence-corrected chi connectivity index (χ1v) is 6.77. The zero-order chi connectivity index (χ0) is 13.7. The van der Waals surface area contributed by atoms with Crippen molar-refractivity contribution in [3.8, 4) is 0 Å². The zero-order valence-corrected chi connectivity index (χ0v) is 11.6. The van der Waals surface area contributed by atoms with Gasteiger partial charge in [0, 0.05) is 43.6 Å². The normalized spacial score (nSPS) is 18.0. The number of carbonyl (C=O) groups excluding carboxylic acids is 1. The van der Waals surface area contributed by atoms with E-state index in [9.17, 15) is 4.79 Å². The second kappa shape index (κ2) is 6.63. The molecule has 1 aromatic heterocycles. The highest BCUT2D eigenvalue weighted by Gasteiger charge is 2.31. The van der Waals surface area contributed by atoms with Crippen LogP contribution in [0.4, 0.5) is 0 Å². The second-order valence-corrected chi connectivity index (χ2v) is 4.62. The van der Waals surface area contributed by atoms with Crippen molar-refractivity contribution in [3.05, 3.63) is 29.6 Å². The molecule has 1 aliphatic rings. The largest absolute Gasteiger partial charge is 0.465 e. The van der Waals surface area contributed by atoms with Gasteiger partial charge >= 0.3 is 5.97 Å². The highest BCUT2D eigenvalue weighted by Crippen LogP contribution is 2.24. The lowest BCUT2D eigenvalue weighted by atomic mass is 10.0. The van der Waals surface area contributed by atoms with Crippen LogP contribution in [-0.4, -0.2) is 48.6 Å².